The summed E-state index contributed by atoms with van der Waals surface area (Å²) in [6, 6.07) is 5.60. The molecule has 0 aliphatic carbocycles. The molecule has 2 aromatic heterocycles. The van der Waals surface area contributed by atoms with Gasteiger partial charge >= 0.3 is 5.97 Å². The van der Waals surface area contributed by atoms with Gasteiger partial charge in [0.15, 0.2) is 16.6 Å². The maximum atomic E-state index is 11.5. The van der Waals surface area contributed by atoms with Crippen molar-refractivity contribution in [2.45, 2.75) is 26.3 Å². The topological polar surface area (TPSA) is 151 Å². The van der Waals surface area contributed by atoms with E-state index in [4.69, 9.17) is 14.2 Å². The number of aliphatic hydroxyl groups is 1. The first-order valence-electron chi connectivity index (χ1n) is 12.1. The van der Waals surface area contributed by atoms with E-state index in [1.54, 1.807) is 28.3 Å². The number of carbonyl (C=O) groups is 1. The van der Waals surface area contributed by atoms with Crippen molar-refractivity contribution in [1.82, 2.24) is 15.0 Å². The fourth-order valence-corrected chi connectivity index (χ4v) is 5.06. The molecule has 204 valence electrons. The smallest absolute Gasteiger partial charge is 0.347 e. The number of thiazole rings is 1. The fourth-order valence-electron chi connectivity index (χ4n) is 4.26. The zero-order valence-electron chi connectivity index (χ0n) is 21.8. The molecule has 3 aromatic rings. The highest BCUT2D eigenvalue weighted by molar-refractivity contribution is 7.17. The van der Waals surface area contributed by atoms with Gasteiger partial charge in [0.25, 0.3) is 0 Å². The first-order valence-corrected chi connectivity index (χ1v) is 12.9. The summed E-state index contributed by atoms with van der Waals surface area (Å²) in [7, 11) is 4.69. The fraction of sp³-hybridized carbons (Fsp3) is 0.440. The van der Waals surface area contributed by atoms with Crippen LogP contribution in [0.2, 0.25) is 0 Å². The molecule has 0 radical (unpaired) electrons. The van der Waals surface area contributed by atoms with Crippen LogP contribution in [0.5, 0.6) is 17.2 Å². The lowest BCUT2D eigenvalue weighted by atomic mass is 9.98. The number of piperidine rings is 1. The Morgan fingerprint density at radius 2 is 1.76 bits per heavy atom. The largest absolute Gasteiger partial charge is 0.493 e. The number of aliphatic hydroxyl groups excluding tert-OH is 1. The number of nitrogens with zero attached hydrogens (tertiary/aromatic N) is 4. The number of anilines is 4. The Labute approximate surface area is 224 Å². The second-order valence-corrected chi connectivity index (χ2v) is 9.80. The number of aryl methyl sites for hydroxylation is 1. The Morgan fingerprint density at radius 1 is 1.08 bits per heavy atom. The molecule has 12 nitrogen and oxygen atoms in total. The van der Waals surface area contributed by atoms with E-state index in [0.29, 0.717) is 46.4 Å². The van der Waals surface area contributed by atoms with Gasteiger partial charge in [0, 0.05) is 32.3 Å². The molecule has 1 fully saturated rings. The lowest BCUT2D eigenvalue weighted by molar-refractivity contribution is 0.0701. The number of hydrogen-bond acceptors (Lipinski definition) is 12. The zero-order valence-corrected chi connectivity index (χ0v) is 22.6. The van der Waals surface area contributed by atoms with Crippen molar-refractivity contribution in [2.24, 2.45) is 5.92 Å². The van der Waals surface area contributed by atoms with Crippen molar-refractivity contribution in [1.29, 1.82) is 0 Å². The van der Waals surface area contributed by atoms with Gasteiger partial charge in [0.2, 0.25) is 11.7 Å². The van der Waals surface area contributed by atoms with Crippen LogP contribution in [-0.4, -0.2) is 72.2 Å². The number of aromatic nitrogens is 3. The summed E-state index contributed by atoms with van der Waals surface area (Å²) >= 11 is 1.03. The summed E-state index contributed by atoms with van der Waals surface area (Å²) in [6.45, 7) is 3.76. The number of carboxylic acid groups (broad SMARTS) is 1. The van der Waals surface area contributed by atoms with Gasteiger partial charge < -0.3 is 34.6 Å². The molecular formula is C25H32N6O6S. The molecule has 0 saturated carbocycles. The average molecular weight is 545 g/mol. The van der Waals surface area contributed by atoms with Crippen LogP contribution >= 0.6 is 11.3 Å². The molecule has 0 bridgehead atoms. The monoisotopic (exact) mass is 544 g/mol. The number of rotatable bonds is 11. The van der Waals surface area contributed by atoms with E-state index in [9.17, 15) is 15.0 Å². The van der Waals surface area contributed by atoms with Crippen LogP contribution < -0.4 is 29.7 Å². The van der Waals surface area contributed by atoms with Crippen LogP contribution in [0, 0.1) is 12.8 Å². The SMILES string of the molecule is COc1cc(CNc2cc(N3CCC(CO)CC3)nc(Nc3nc(C)c(C(=O)O)s3)n2)cc(OC)c1OC. The third-order valence-corrected chi connectivity index (χ3v) is 7.38. The molecule has 4 N–H and O–H groups in total. The summed E-state index contributed by atoms with van der Waals surface area (Å²) in [5.74, 6) is 2.47. The third kappa shape index (κ3) is 6.17. The Morgan fingerprint density at radius 3 is 2.32 bits per heavy atom. The number of carboxylic acids is 1. The molecule has 13 heteroatoms. The molecule has 1 aliphatic rings. The number of ether oxygens (including phenoxy) is 3. The van der Waals surface area contributed by atoms with Gasteiger partial charge in [0.05, 0.1) is 27.0 Å². The lowest BCUT2D eigenvalue weighted by Gasteiger charge is -2.32. The van der Waals surface area contributed by atoms with Crippen molar-refractivity contribution < 1.29 is 29.2 Å². The van der Waals surface area contributed by atoms with Crippen LogP contribution in [0.3, 0.4) is 0 Å². The minimum Gasteiger partial charge on any atom is -0.493 e. The predicted octanol–water partition coefficient (Wildman–Crippen LogP) is 3.53. The summed E-state index contributed by atoms with van der Waals surface area (Å²) < 4.78 is 16.3. The molecule has 1 aliphatic heterocycles. The minimum atomic E-state index is -1.03. The number of nitrogens with one attached hydrogen (secondary N) is 2. The Balaban J connectivity index is 1.61. The standard InChI is InChI=1S/C25H32N6O6S/c1-14-22(23(33)34)38-25(27-14)30-24-28-19(11-20(29-24)31-7-5-15(13-32)6-8-31)26-12-16-9-17(35-2)21(37-4)18(10-16)36-3/h9-11,15,32H,5-8,12-13H2,1-4H3,(H,33,34)(H2,26,27,28,29,30). The quantitative estimate of drug-likeness (QED) is 0.279. The van der Waals surface area contributed by atoms with Crippen LogP contribution in [0.4, 0.5) is 22.7 Å². The molecular weight excluding hydrogens is 512 g/mol. The van der Waals surface area contributed by atoms with Crippen LogP contribution in [-0.2, 0) is 6.54 Å². The third-order valence-electron chi connectivity index (χ3n) is 6.32. The molecule has 3 heterocycles. The minimum absolute atomic E-state index is 0.162. The van der Waals surface area contributed by atoms with E-state index in [1.165, 1.54) is 0 Å². The normalized spacial score (nSPS) is 13.8. The Bertz CT molecular complexity index is 1250. The van der Waals surface area contributed by atoms with Gasteiger partial charge in [-0.05, 0) is 43.4 Å². The maximum Gasteiger partial charge on any atom is 0.347 e. The van der Waals surface area contributed by atoms with Gasteiger partial charge in [-0.1, -0.05) is 11.3 Å². The highest BCUT2D eigenvalue weighted by Crippen LogP contribution is 2.38. The lowest BCUT2D eigenvalue weighted by Crippen LogP contribution is -2.35. The molecule has 0 spiro atoms. The number of methoxy groups -OCH3 is 3. The molecule has 4 rings (SSSR count). The first-order chi connectivity index (χ1) is 18.3. The van der Waals surface area contributed by atoms with Gasteiger partial charge in [-0.25, -0.2) is 9.78 Å². The summed E-state index contributed by atoms with van der Waals surface area (Å²) in [4.78, 5) is 27.4. The summed E-state index contributed by atoms with van der Waals surface area (Å²) in [6.07, 6.45) is 1.73. The molecule has 1 aromatic carbocycles. The molecule has 0 unspecified atom stereocenters. The molecule has 0 atom stereocenters. The predicted molar refractivity (Wildman–Crippen MR) is 145 cm³/mol. The van der Waals surface area contributed by atoms with Gasteiger partial charge in [-0.2, -0.15) is 9.97 Å². The first kappa shape index (κ1) is 27.2. The zero-order chi connectivity index (χ0) is 27.2. The van der Waals surface area contributed by atoms with E-state index >= 15 is 0 Å². The van der Waals surface area contributed by atoms with Gasteiger partial charge in [0.1, 0.15) is 16.5 Å². The van der Waals surface area contributed by atoms with Gasteiger partial charge in [-0.3, -0.25) is 5.32 Å². The van der Waals surface area contributed by atoms with Crippen molar-refractivity contribution in [3.8, 4) is 17.2 Å². The summed E-state index contributed by atoms with van der Waals surface area (Å²) in [5, 5.41) is 25.7. The number of aromatic carboxylic acids is 1. The van der Waals surface area contributed by atoms with Crippen molar-refractivity contribution in [2.75, 3.05) is 56.6 Å². The van der Waals surface area contributed by atoms with E-state index in [2.05, 4.69) is 30.5 Å². The maximum absolute atomic E-state index is 11.5. The van der Waals surface area contributed by atoms with E-state index in [-0.39, 0.29) is 17.4 Å². The van der Waals surface area contributed by atoms with E-state index < -0.39 is 5.97 Å². The molecule has 0 amide bonds. The van der Waals surface area contributed by atoms with Crippen LogP contribution in [0.1, 0.15) is 33.8 Å². The van der Waals surface area contributed by atoms with Crippen molar-refractivity contribution in [3.63, 3.8) is 0 Å². The second-order valence-electron chi connectivity index (χ2n) is 8.80. The van der Waals surface area contributed by atoms with Gasteiger partial charge in [-0.15, -0.1) is 0 Å². The molecule has 1 saturated heterocycles. The second kappa shape index (κ2) is 12.1. The Kier molecular flexibility index (Phi) is 8.69. The van der Waals surface area contributed by atoms with E-state index in [1.807, 2.05) is 18.2 Å². The number of hydrogen-bond donors (Lipinski definition) is 4. The highest BCUT2D eigenvalue weighted by atomic mass is 32.1. The number of benzene rings is 1. The average Bonchev–Trinajstić information content (AvgIpc) is 3.30. The highest BCUT2D eigenvalue weighted by Gasteiger charge is 2.22. The van der Waals surface area contributed by atoms with Crippen LogP contribution in [0.15, 0.2) is 18.2 Å². The van der Waals surface area contributed by atoms with E-state index in [0.717, 1.165) is 48.6 Å². The Hall–Kier alpha value is -3.84. The summed E-state index contributed by atoms with van der Waals surface area (Å²) in [5.41, 5.74) is 1.31. The van der Waals surface area contributed by atoms with Crippen LogP contribution in [0.25, 0.3) is 0 Å². The van der Waals surface area contributed by atoms with Crippen molar-refractivity contribution >= 4 is 40.0 Å². The van der Waals surface area contributed by atoms with Crippen molar-refractivity contribution in [3.05, 3.63) is 34.3 Å². The molecule has 38 heavy (non-hydrogen) atoms.